The molecule has 278 valence electrons. The molecular weight excluding hydrogens is 679 g/mol. The van der Waals surface area contributed by atoms with E-state index in [0.29, 0.717) is 32.4 Å². The molecule has 4 aliphatic rings. The third-order valence-corrected chi connectivity index (χ3v) is 12.1. The fourth-order valence-electron chi connectivity index (χ4n) is 7.85. The van der Waals surface area contributed by atoms with Gasteiger partial charge in [-0.05, 0) is 81.8 Å². The number of aryl methyl sites for hydroxylation is 1. The maximum absolute atomic E-state index is 14.1. The maximum atomic E-state index is 14.1. The van der Waals surface area contributed by atoms with Crippen molar-refractivity contribution in [2.45, 2.75) is 104 Å². The third-order valence-electron chi connectivity index (χ3n) is 11.0. The summed E-state index contributed by atoms with van der Waals surface area (Å²) in [6.07, 6.45) is 4.65. The molecule has 1 unspecified atom stereocenters. The number of carbonyl (C=O) groups is 3. The number of aliphatic imine (C=N–C) groups is 1. The normalized spacial score (nSPS) is 25.6. The number of hydrazine groups is 1. The number of hydrogen-bond acceptors (Lipinski definition) is 9. The number of fused-ring (bicyclic) bond motifs is 5. The fraction of sp³-hybridized carbons (Fsp3) is 0.564. The lowest BCUT2D eigenvalue weighted by Crippen LogP contribution is -2.62. The largest absolute Gasteiger partial charge is 0.464 e. The molecular formula is C39H51N7O5S. The highest BCUT2D eigenvalue weighted by Gasteiger charge is 2.38. The first kappa shape index (κ1) is 36.4. The van der Waals surface area contributed by atoms with Crippen LogP contribution in [0.15, 0.2) is 41.5 Å². The Hall–Kier alpha value is -3.94. The van der Waals surface area contributed by atoms with Crippen molar-refractivity contribution in [3.05, 3.63) is 53.3 Å². The number of esters is 1. The van der Waals surface area contributed by atoms with Gasteiger partial charge < -0.3 is 24.3 Å². The minimum absolute atomic E-state index is 0.0969. The van der Waals surface area contributed by atoms with Gasteiger partial charge in [0.05, 0.1) is 35.2 Å². The Morgan fingerprint density at radius 2 is 2.04 bits per heavy atom. The Morgan fingerprint density at radius 3 is 2.77 bits per heavy atom. The molecule has 12 nitrogen and oxygen atoms in total. The second-order valence-corrected chi connectivity index (χ2v) is 16.4. The summed E-state index contributed by atoms with van der Waals surface area (Å²) < 4.78 is 14.2. The molecule has 5 atom stereocenters. The molecule has 3 amide bonds. The zero-order valence-corrected chi connectivity index (χ0v) is 31.9. The number of benzene rings is 1. The number of cyclic esters (lactones) is 1. The van der Waals surface area contributed by atoms with Crippen molar-refractivity contribution in [1.29, 1.82) is 0 Å². The highest BCUT2D eigenvalue weighted by molar-refractivity contribution is 8.14. The number of rotatable bonds is 5. The van der Waals surface area contributed by atoms with Crippen LogP contribution in [-0.4, -0.2) is 93.1 Å². The molecule has 0 saturated carbocycles. The average molecular weight is 730 g/mol. The number of urea groups is 1. The lowest BCUT2D eigenvalue weighted by Gasteiger charge is -2.40. The zero-order chi connectivity index (χ0) is 36.7. The number of thioether (sulfide) groups is 1. The van der Waals surface area contributed by atoms with Crippen molar-refractivity contribution in [2.75, 3.05) is 32.6 Å². The van der Waals surface area contributed by atoms with Crippen LogP contribution >= 0.6 is 11.8 Å². The molecule has 7 rings (SSSR count). The second-order valence-electron chi connectivity index (χ2n) is 15.3. The molecule has 2 fully saturated rings. The van der Waals surface area contributed by atoms with Crippen LogP contribution < -0.4 is 10.7 Å². The van der Waals surface area contributed by atoms with E-state index in [1.165, 1.54) is 10.6 Å². The number of nitrogens with one attached hydrogen (secondary N) is 2. The summed E-state index contributed by atoms with van der Waals surface area (Å²) in [5.41, 5.74) is 9.10. The lowest BCUT2D eigenvalue weighted by molar-refractivity contribution is -0.155. The van der Waals surface area contributed by atoms with Gasteiger partial charge in [0.2, 0.25) is 0 Å². The van der Waals surface area contributed by atoms with Gasteiger partial charge in [-0.1, -0.05) is 19.9 Å². The third kappa shape index (κ3) is 7.06. The van der Waals surface area contributed by atoms with Gasteiger partial charge in [-0.15, -0.1) is 11.8 Å². The van der Waals surface area contributed by atoms with Gasteiger partial charge in [-0.25, -0.2) is 10.2 Å². The Kier molecular flexibility index (Phi) is 10.4. The first-order chi connectivity index (χ1) is 25.0. The van der Waals surface area contributed by atoms with Crippen molar-refractivity contribution in [1.82, 2.24) is 30.2 Å². The van der Waals surface area contributed by atoms with Crippen LogP contribution in [0.3, 0.4) is 0 Å². The minimum atomic E-state index is -0.830. The minimum Gasteiger partial charge on any atom is -0.464 e. The summed E-state index contributed by atoms with van der Waals surface area (Å²) in [6.45, 7) is 12.5. The molecule has 6 heterocycles. The molecule has 2 saturated heterocycles. The van der Waals surface area contributed by atoms with Gasteiger partial charge in [0, 0.05) is 73.0 Å². The van der Waals surface area contributed by atoms with E-state index in [4.69, 9.17) is 19.5 Å². The van der Waals surface area contributed by atoms with Crippen molar-refractivity contribution >= 4 is 45.6 Å². The predicted molar refractivity (Wildman–Crippen MR) is 203 cm³/mol. The highest BCUT2D eigenvalue weighted by atomic mass is 32.2. The Bertz CT molecular complexity index is 1890. The van der Waals surface area contributed by atoms with Gasteiger partial charge in [0.25, 0.3) is 5.91 Å². The van der Waals surface area contributed by atoms with Crippen LogP contribution in [-0.2, 0) is 32.0 Å². The molecule has 3 aromatic rings. The molecule has 2 N–H and O–H groups in total. The molecule has 1 aromatic carbocycles. The first-order valence-electron chi connectivity index (χ1n) is 18.6. The molecule has 0 aliphatic carbocycles. The van der Waals surface area contributed by atoms with E-state index in [-0.39, 0.29) is 49.1 Å². The predicted octanol–water partition coefficient (Wildman–Crippen LogP) is 5.80. The van der Waals surface area contributed by atoms with Crippen LogP contribution in [0.4, 0.5) is 4.79 Å². The average Bonchev–Trinajstić information content (AvgIpc) is 3.73. The van der Waals surface area contributed by atoms with Crippen LogP contribution in [0.1, 0.15) is 89.3 Å². The van der Waals surface area contributed by atoms with E-state index in [2.05, 4.69) is 60.3 Å². The highest BCUT2D eigenvalue weighted by Crippen LogP contribution is 2.42. The number of aromatic nitrogens is 2. The molecule has 52 heavy (non-hydrogen) atoms. The van der Waals surface area contributed by atoms with Crippen molar-refractivity contribution in [3.63, 3.8) is 0 Å². The molecule has 4 aliphatic heterocycles. The summed E-state index contributed by atoms with van der Waals surface area (Å²) in [6, 6.07) is 9.01. The summed E-state index contributed by atoms with van der Waals surface area (Å²) in [5.74, 6) is 0.0809. The molecule has 6 bridgehead atoms. The maximum Gasteiger partial charge on any atom is 0.324 e. The van der Waals surface area contributed by atoms with E-state index in [9.17, 15) is 14.4 Å². The monoisotopic (exact) mass is 729 g/mol. The molecule has 13 heteroatoms. The first-order valence-corrected chi connectivity index (χ1v) is 19.6. The second kappa shape index (κ2) is 14.8. The number of methoxy groups -OCH3 is 1. The van der Waals surface area contributed by atoms with Gasteiger partial charge in [0.1, 0.15) is 12.1 Å². The Morgan fingerprint density at radius 1 is 1.21 bits per heavy atom. The molecule has 2 aromatic heterocycles. The number of ether oxygens (including phenoxy) is 2. The smallest absolute Gasteiger partial charge is 0.324 e. The van der Waals surface area contributed by atoms with Crippen LogP contribution in [0.2, 0.25) is 0 Å². The molecule has 0 spiro atoms. The van der Waals surface area contributed by atoms with E-state index < -0.39 is 17.5 Å². The van der Waals surface area contributed by atoms with Gasteiger partial charge in [-0.2, -0.15) is 0 Å². The van der Waals surface area contributed by atoms with Crippen LogP contribution in [0, 0.1) is 5.41 Å². The van der Waals surface area contributed by atoms with Crippen molar-refractivity contribution < 1.29 is 23.9 Å². The number of amides is 3. The van der Waals surface area contributed by atoms with Gasteiger partial charge >= 0.3 is 12.0 Å². The van der Waals surface area contributed by atoms with E-state index in [1.807, 2.05) is 26.1 Å². The lowest BCUT2D eigenvalue weighted by atomic mass is 9.84. The standard InChI is InChI=1S/C39H51N7O5S/c1-7-44-32-13-12-25-18-27(32)28(35(44)26-10-8-15-40-34(26)24(3)50-6)20-39(4,5)22-51-37(48)29-11-9-16-46(43-29)36(47)30(19-33-41-31(25)21-52-33)42-38(49)45-17-14-23(45)2/h8,10,12-13,15,18,23-24,29-31,43H,7,9,11,14,16-17,19-22H2,1-6H3,(H,42,49)/t23-,24+,29+,30+,31?/m1/s1. The number of likely N-dealkylation sites (tertiary alicyclic amines) is 1. The zero-order valence-electron chi connectivity index (χ0n) is 31.1. The number of pyridine rings is 1. The molecule has 0 radical (unpaired) electrons. The summed E-state index contributed by atoms with van der Waals surface area (Å²) >= 11 is 1.64. The summed E-state index contributed by atoms with van der Waals surface area (Å²) in [4.78, 5) is 52.7. The number of hydrogen-bond donors (Lipinski definition) is 2. The van der Waals surface area contributed by atoms with E-state index in [0.717, 1.165) is 57.2 Å². The summed E-state index contributed by atoms with van der Waals surface area (Å²) in [7, 11) is 1.70. The summed E-state index contributed by atoms with van der Waals surface area (Å²) in [5, 5.41) is 6.49. The SMILES string of the molecule is CCn1c(-c2cccnc2[C@H](C)OC)c2c3cc(ccc31)C1CSC(=N1)C[C@H](NC(=O)N1CC[C@H]1C)C(=O)N1CCC[C@H](N1)C(=O)OCC(C)(C)C2. The van der Waals surface area contributed by atoms with Crippen LogP contribution in [0.5, 0.6) is 0 Å². The van der Waals surface area contributed by atoms with E-state index in [1.54, 1.807) is 23.8 Å². The topological polar surface area (TPSA) is 130 Å². The van der Waals surface area contributed by atoms with Gasteiger partial charge in [-0.3, -0.25) is 24.6 Å². The van der Waals surface area contributed by atoms with Crippen LogP contribution in [0.25, 0.3) is 22.2 Å². The van der Waals surface area contributed by atoms with Gasteiger partial charge in [0.15, 0.2) is 0 Å². The number of carbonyl (C=O) groups excluding carboxylic acids is 3. The van der Waals surface area contributed by atoms with E-state index >= 15 is 0 Å². The number of nitrogens with zero attached hydrogens (tertiary/aromatic N) is 5. The Balaban J connectivity index is 1.33. The Labute approximate surface area is 310 Å². The quantitative estimate of drug-likeness (QED) is 0.316. The van der Waals surface area contributed by atoms with Crippen molar-refractivity contribution in [2.24, 2.45) is 10.4 Å². The van der Waals surface area contributed by atoms with Crippen molar-refractivity contribution in [3.8, 4) is 11.3 Å². The fourth-order valence-corrected chi connectivity index (χ4v) is 8.95.